The molecule has 0 heterocycles. The van der Waals surface area contributed by atoms with Gasteiger partial charge in [0, 0.05) is 10.9 Å². The van der Waals surface area contributed by atoms with Crippen molar-refractivity contribution in [1.82, 2.24) is 5.32 Å². The zero-order valence-corrected chi connectivity index (χ0v) is 20.0. The van der Waals surface area contributed by atoms with E-state index < -0.39 is 15.8 Å². The SMILES string of the molecule is CS(=O)(=O)N(Cc1ccc(C(=O)NCCOc2cccc3ccccc23)cc1)c1ccccc1F. The normalized spacial score (nSPS) is 11.3. The summed E-state index contributed by atoms with van der Waals surface area (Å²) in [7, 11) is -3.72. The summed E-state index contributed by atoms with van der Waals surface area (Å²) >= 11 is 0. The lowest BCUT2D eigenvalue weighted by Crippen LogP contribution is -2.30. The Morgan fingerprint density at radius 1 is 0.914 bits per heavy atom. The predicted octanol–water partition coefficient (Wildman–Crippen LogP) is 4.75. The molecule has 0 aromatic heterocycles. The van der Waals surface area contributed by atoms with Crippen LogP contribution in [-0.2, 0) is 16.6 Å². The van der Waals surface area contributed by atoms with Crippen molar-refractivity contribution in [1.29, 1.82) is 0 Å². The zero-order valence-electron chi connectivity index (χ0n) is 19.1. The van der Waals surface area contributed by atoms with Gasteiger partial charge in [0.25, 0.3) is 5.91 Å². The van der Waals surface area contributed by atoms with Gasteiger partial charge in [0.1, 0.15) is 18.2 Å². The Kier molecular flexibility index (Phi) is 7.31. The standard InChI is InChI=1S/C27H25FN2O4S/c1-35(32,33)30(25-11-5-4-10-24(25)28)19-20-13-15-22(16-14-20)27(31)29-17-18-34-26-12-6-8-21-7-2-3-9-23(21)26/h2-16H,17-19H2,1H3,(H,29,31). The number of halogens is 1. The van der Waals surface area contributed by atoms with Crippen LogP contribution in [-0.4, -0.2) is 33.7 Å². The largest absolute Gasteiger partial charge is 0.491 e. The van der Waals surface area contributed by atoms with Crippen LogP contribution >= 0.6 is 0 Å². The number of fused-ring (bicyclic) bond motifs is 1. The lowest BCUT2D eigenvalue weighted by Gasteiger charge is -2.23. The van der Waals surface area contributed by atoms with Gasteiger partial charge >= 0.3 is 0 Å². The number of anilines is 1. The van der Waals surface area contributed by atoms with Crippen LogP contribution < -0.4 is 14.4 Å². The molecular formula is C27H25FN2O4S. The third-order valence-electron chi connectivity index (χ3n) is 5.46. The van der Waals surface area contributed by atoms with E-state index in [9.17, 15) is 17.6 Å². The summed E-state index contributed by atoms with van der Waals surface area (Å²) in [5, 5.41) is 4.91. The number of benzene rings is 4. The van der Waals surface area contributed by atoms with Crippen LogP contribution in [0.2, 0.25) is 0 Å². The average Bonchev–Trinajstić information content (AvgIpc) is 2.85. The lowest BCUT2D eigenvalue weighted by atomic mass is 10.1. The number of nitrogens with one attached hydrogen (secondary N) is 1. The Morgan fingerprint density at radius 3 is 2.34 bits per heavy atom. The van der Waals surface area contributed by atoms with Crippen molar-refractivity contribution in [3.8, 4) is 5.75 Å². The van der Waals surface area contributed by atoms with E-state index in [4.69, 9.17) is 4.74 Å². The van der Waals surface area contributed by atoms with Gasteiger partial charge < -0.3 is 10.1 Å². The summed E-state index contributed by atoms with van der Waals surface area (Å²) in [6.07, 6.45) is 1.03. The Bertz CT molecular complexity index is 1430. The van der Waals surface area contributed by atoms with Crippen LogP contribution in [0.4, 0.5) is 10.1 Å². The molecule has 1 N–H and O–H groups in total. The topological polar surface area (TPSA) is 75.7 Å². The highest BCUT2D eigenvalue weighted by molar-refractivity contribution is 7.92. The third kappa shape index (κ3) is 5.96. The molecule has 6 nitrogen and oxygen atoms in total. The molecular weight excluding hydrogens is 467 g/mol. The molecule has 0 saturated heterocycles. The number of hydrogen-bond acceptors (Lipinski definition) is 4. The summed E-state index contributed by atoms with van der Waals surface area (Å²) in [4.78, 5) is 12.5. The molecule has 8 heteroatoms. The van der Waals surface area contributed by atoms with Gasteiger partial charge in [-0.2, -0.15) is 0 Å². The summed E-state index contributed by atoms with van der Waals surface area (Å²) in [6, 6.07) is 26.0. The van der Waals surface area contributed by atoms with Crippen LogP contribution in [0, 0.1) is 5.82 Å². The quantitative estimate of drug-likeness (QED) is 0.342. The second-order valence-corrected chi connectivity index (χ2v) is 9.91. The van der Waals surface area contributed by atoms with Gasteiger partial charge in [-0.25, -0.2) is 12.8 Å². The third-order valence-corrected chi connectivity index (χ3v) is 6.59. The minimum atomic E-state index is -3.72. The van der Waals surface area contributed by atoms with E-state index in [1.54, 1.807) is 30.3 Å². The van der Waals surface area contributed by atoms with E-state index in [0.717, 1.165) is 27.1 Å². The molecule has 0 atom stereocenters. The van der Waals surface area contributed by atoms with E-state index in [1.807, 2.05) is 42.5 Å². The van der Waals surface area contributed by atoms with E-state index in [-0.39, 0.29) is 18.1 Å². The monoisotopic (exact) mass is 492 g/mol. The zero-order chi connectivity index (χ0) is 24.8. The van der Waals surface area contributed by atoms with Crippen molar-refractivity contribution < 1.29 is 22.3 Å². The molecule has 4 aromatic rings. The Morgan fingerprint density at radius 2 is 1.60 bits per heavy atom. The maximum atomic E-state index is 14.2. The highest BCUT2D eigenvalue weighted by atomic mass is 32.2. The van der Waals surface area contributed by atoms with Gasteiger partial charge in [-0.15, -0.1) is 0 Å². The van der Waals surface area contributed by atoms with E-state index >= 15 is 0 Å². The maximum absolute atomic E-state index is 14.2. The van der Waals surface area contributed by atoms with Gasteiger partial charge in [-0.1, -0.05) is 60.7 Å². The number of sulfonamides is 1. The molecule has 0 saturated carbocycles. The number of carbonyl (C=O) groups excluding carboxylic acids is 1. The number of nitrogens with zero attached hydrogens (tertiary/aromatic N) is 1. The number of hydrogen-bond donors (Lipinski definition) is 1. The van der Waals surface area contributed by atoms with Gasteiger partial charge in [0.05, 0.1) is 25.0 Å². The second-order valence-electron chi connectivity index (χ2n) is 8.00. The Hall–Kier alpha value is -3.91. The van der Waals surface area contributed by atoms with Crippen LogP contribution in [0.1, 0.15) is 15.9 Å². The summed E-state index contributed by atoms with van der Waals surface area (Å²) < 4.78 is 45.6. The first kappa shape index (κ1) is 24.2. The molecule has 0 unspecified atom stereocenters. The molecule has 35 heavy (non-hydrogen) atoms. The molecule has 4 rings (SSSR count). The summed E-state index contributed by atoms with van der Waals surface area (Å²) in [5.74, 6) is -0.140. The van der Waals surface area contributed by atoms with Crippen LogP contribution in [0.5, 0.6) is 5.75 Å². The van der Waals surface area contributed by atoms with Crippen molar-refractivity contribution >= 4 is 32.4 Å². The average molecular weight is 493 g/mol. The molecule has 0 fully saturated rings. The highest BCUT2D eigenvalue weighted by Crippen LogP contribution is 2.25. The predicted molar refractivity (Wildman–Crippen MR) is 136 cm³/mol. The van der Waals surface area contributed by atoms with Crippen molar-refractivity contribution in [3.05, 3.63) is 108 Å². The first-order chi connectivity index (χ1) is 16.8. The fourth-order valence-corrected chi connectivity index (χ4v) is 4.60. The summed E-state index contributed by atoms with van der Waals surface area (Å²) in [5.41, 5.74) is 1.02. The van der Waals surface area contributed by atoms with Crippen molar-refractivity contribution in [2.24, 2.45) is 0 Å². The maximum Gasteiger partial charge on any atom is 0.251 e. The van der Waals surface area contributed by atoms with Crippen LogP contribution in [0.3, 0.4) is 0 Å². The molecule has 0 aliphatic heterocycles. The Balaban J connectivity index is 1.35. The lowest BCUT2D eigenvalue weighted by molar-refractivity contribution is 0.0947. The molecule has 0 aliphatic carbocycles. The molecule has 1 amide bonds. The molecule has 0 bridgehead atoms. The number of amides is 1. The number of carbonyl (C=O) groups is 1. The fourth-order valence-electron chi connectivity index (χ4n) is 3.71. The van der Waals surface area contributed by atoms with Gasteiger partial charge in [0.15, 0.2) is 0 Å². The minimum absolute atomic E-state index is 0.0250. The molecule has 180 valence electrons. The first-order valence-electron chi connectivity index (χ1n) is 11.0. The number of para-hydroxylation sites is 1. The van der Waals surface area contributed by atoms with Gasteiger partial charge in [-0.3, -0.25) is 9.10 Å². The number of ether oxygens (including phenoxy) is 1. The number of rotatable bonds is 9. The minimum Gasteiger partial charge on any atom is -0.491 e. The highest BCUT2D eigenvalue weighted by Gasteiger charge is 2.21. The second kappa shape index (κ2) is 10.6. The first-order valence-corrected chi connectivity index (χ1v) is 12.9. The van der Waals surface area contributed by atoms with E-state index in [0.29, 0.717) is 24.3 Å². The van der Waals surface area contributed by atoms with Gasteiger partial charge in [-0.05, 0) is 41.3 Å². The molecule has 0 aliphatic rings. The van der Waals surface area contributed by atoms with E-state index in [2.05, 4.69) is 5.32 Å². The van der Waals surface area contributed by atoms with Crippen molar-refractivity contribution in [3.63, 3.8) is 0 Å². The molecule has 0 radical (unpaired) electrons. The van der Waals surface area contributed by atoms with Gasteiger partial charge in [0.2, 0.25) is 10.0 Å². The van der Waals surface area contributed by atoms with Crippen molar-refractivity contribution in [2.75, 3.05) is 23.7 Å². The molecule has 0 spiro atoms. The van der Waals surface area contributed by atoms with Crippen LogP contribution in [0.15, 0.2) is 91.0 Å². The van der Waals surface area contributed by atoms with E-state index in [1.165, 1.54) is 18.2 Å². The fraction of sp³-hybridized carbons (Fsp3) is 0.148. The van der Waals surface area contributed by atoms with Crippen LogP contribution in [0.25, 0.3) is 10.8 Å². The summed E-state index contributed by atoms with van der Waals surface area (Å²) in [6.45, 7) is 0.573. The Labute approximate surface area is 204 Å². The molecule has 4 aromatic carbocycles. The smallest absolute Gasteiger partial charge is 0.251 e. The van der Waals surface area contributed by atoms with Crippen molar-refractivity contribution in [2.45, 2.75) is 6.54 Å².